The van der Waals surface area contributed by atoms with Crippen LogP contribution in [0.15, 0.2) is 46.9 Å². The molecule has 0 spiro atoms. The van der Waals surface area contributed by atoms with Gasteiger partial charge in [0.1, 0.15) is 5.82 Å². The molecule has 10 heteroatoms. The maximum Gasteiger partial charge on any atom is 0.279 e. The quantitative estimate of drug-likeness (QED) is 0.426. The highest BCUT2D eigenvalue weighted by molar-refractivity contribution is 7.99. The van der Waals surface area contributed by atoms with E-state index in [2.05, 4.69) is 21.0 Å². The molecule has 1 aliphatic rings. The average Bonchev–Trinajstić information content (AvgIpc) is 3.47. The summed E-state index contributed by atoms with van der Waals surface area (Å²) in [6.45, 7) is 0. The molecule has 2 aromatic heterocycles. The standard InChI is InChI=1S/C21H22FN5O2S2/c22-16-10-5-4-9-15(16)19-24-26-21(27(19)14-7-2-1-3-8-14)31-13-18(28)23-25-20(29)17-11-6-12-30-17/h4-6,9-12,14H,1-3,7-8,13H2,(H,23,28)(H,25,29). The zero-order valence-corrected chi connectivity index (χ0v) is 18.3. The maximum absolute atomic E-state index is 14.4. The third-order valence-corrected chi connectivity index (χ3v) is 6.92. The number of rotatable bonds is 6. The van der Waals surface area contributed by atoms with Crippen molar-refractivity contribution in [2.24, 2.45) is 0 Å². The van der Waals surface area contributed by atoms with Gasteiger partial charge in [0.2, 0.25) is 5.91 Å². The van der Waals surface area contributed by atoms with Crippen molar-refractivity contribution in [3.63, 3.8) is 0 Å². The molecule has 2 amide bonds. The summed E-state index contributed by atoms with van der Waals surface area (Å²) in [5, 5.41) is 10.9. The van der Waals surface area contributed by atoms with Gasteiger partial charge >= 0.3 is 0 Å². The van der Waals surface area contributed by atoms with E-state index in [9.17, 15) is 14.0 Å². The van der Waals surface area contributed by atoms with Crippen LogP contribution in [0.4, 0.5) is 4.39 Å². The van der Waals surface area contributed by atoms with Gasteiger partial charge in [0.15, 0.2) is 11.0 Å². The van der Waals surface area contributed by atoms with Crippen molar-refractivity contribution in [3.05, 3.63) is 52.5 Å². The first-order valence-corrected chi connectivity index (χ1v) is 12.0. The highest BCUT2D eigenvalue weighted by atomic mass is 32.2. The van der Waals surface area contributed by atoms with Crippen LogP contribution in [0.1, 0.15) is 47.8 Å². The van der Waals surface area contributed by atoms with Gasteiger partial charge in [-0.1, -0.05) is 49.2 Å². The van der Waals surface area contributed by atoms with Crippen molar-refractivity contribution in [1.29, 1.82) is 0 Å². The van der Waals surface area contributed by atoms with Crippen LogP contribution in [0.5, 0.6) is 0 Å². The van der Waals surface area contributed by atoms with Crippen LogP contribution >= 0.6 is 23.1 Å². The summed E-state index contributed by atoms with van der Waals surface area (Å²) in [7, 11) is 0. The Labute approximate surface area is 187 Å². The van der Waals surface area contributed by atoms with Crippen LogP contribution in [-0.4, -0.2) is 32.3 Å². The van der Waals surface area contributed by atoms with Gasteiger partial charge in [0, 0.05) is 6.04 Å². The molecule has 1 saturated carbocycles. The molecule has 0 bridgehead atoms. The van der Waals surface area contributed by atoms with Crippen molar-refractivity contribution < 1.29 is 14.0 Å². The molecule has 1 fully saturated rings. The molecule has 4 rings (SSSR count). The van der Waals surface area contributed by atoms with Gasteiger partial charge in [-0.05, 0) is 36.4 Å². The Bertz CT molecular complexity index is 1050. The predicted molar refractivity (Wildman–Crippen MR) is 118 cm³/mol. The number of aromatic nitrogens is 3. The Hall–Kier alpha value is -2.72. The summed E-state index contributed by atoms with van der Waals surface area (Å²) >= 11 is 2.52. The second-order valence-electron chi connectivity index (χ2n) is 7.22. The molecular formula is C21H22FN5O2S2. The first-order chi connectivity index (χ1) is 15.1. The molecule has 1 aromatic carbocycles. The van der Waals surface area contributed by atoms with Crippen LogP contribution in [0.2, 0.25) is 0 Å². The number of carbonyl (C=O) groups is 2. The van der Waals surface area contributed by atoms with E-state index in [4.69, 9.17) is 0 Å². The molecule has 3 aromatic rings. The van der Waals surface area contributed by atoms with Gasteiger partial charge in [0.25, 0.3) is 5.91 Å². The number of thioether (sulfide) groups is 1. The van der Waals surface area contributed by atoms with E-state index < -0.39 is 0 Å². The Kier molecular flexibility index (Phi) is 6.98. The first-order valence-electron chi connectivity index (χ1n) is 10.1. The third kappa shape index (κ3) is 5.13. The largest absolute Gasteiger partial charge is 0.299 e. The molecule has 0 atom stereocenters. The van der Waals surface area contributed by atoms with E-state index in [1.807, 2.05) is 4.57 Å². The second-order valence-corrected chi connectivity index (χ2v) is 9.11. The smallest absolute Gasteiger partial charge is 0.279 e. The molecule has 1 aliphatic carbocycles. The molecular weight excluding hydrogens is 437 g/mol. The van der Waals surface area contributed by atoms with Crippen molar-refractivity contribution in [3.8, 4) is 11.4 Å². The molecule has 2 N–H and O–H groups in total. The summed E-state index contributed by atoms with van der Waals surface area (Å²) in [5.41, 5.74) is 5.22. The number of halogens is 1. The number of thiophene rings is 1. The summed E-state index contributed by atoms with van der Waals surface area (Å²) in [4.78, 5) is 24.7. The number of nitrogens with zero attached hydrogens (tertiary/aromatic N) is 3. The van der Waals surface area contributed by atoms with Crippen molar-refractivity contribution in [2.45, 2.75) is 43.3 Å². The van der Waals surface area contributed by atoms with E-state index in [1.54, 1.807) is 35.7 Å². The third-order valence-electron chi connectivity index (χ3n) is 5.11. The Morgan fingerprint density at radius 1 is 1.10 bits per heavy atom. The van der Waals surface area contributed by atoms with Gasteiger partial charge in [-0.2, -0.15) is 0 Å². The van der Waals surface area contributed by atoms with Gasteiger partial charge in [-0.25, -0.2) is 4.39 Å². The van der Waals surface area contributed by atoms with Crippen LogP contribution < -0.4 is 10.9 Å². The van der Waals surface area contributed by atoms with Crippen LogP contribution in [0.25, 0.3) is 11.4 Å². The van der Waals surface area contributed by atoms with E-state index in [0.717, 1.165) is 25.7 Å². The van der Waals surface area contributed by atoms with Crippen LogP contribution in [-0.2, 0) is 4.79 Å². The normalized spacial score (nSPS) is 14.4. The number of hydrazine groups is 1. The predicted octanol–water partition coefficient (Wildman–Crippen LogP) is 4.20. The molecule has 31 heavy (non-hydrogen) atoms. The SMILES string of the molecule is O=C(CSc1nnc(-c2ccccc2F)n1C1CCCCC1)NNC(=O)c1cccs1. The lowest BCUT2D eigenvalue weighted by Crippen LogP contribution is -2.42. The van der Waals surface area contributed by atoms with E-state index >= 15 is 0 Å². The summed E-state index contributed by atoms with van der Waals surface area (Å²) in [6, 6.07) is 10.1. The lowest BCUT2D eigenvalue weighted by Gasteiger charge is -2.25. The Balaban J connectivity index is 1.47. The fraction of sp³-hybridized carbons (Fsp3) is 0.333. The number of benzene rings is 1. The number of hydrogen-bond acceptors (Lipinski definition) is 6. The molecule has 7 nitrogen and oxygen atoms in total. The van der Waals surface area contributed by atoms with Crippen LogP contribution in [0.3, 0.4) is 0 Å². The number of carbonyl (C=O) groups excluding carboxylic acids is 2. The molecule has 0 saturated heterocycles. The Morgan fingerprint density at radius 2 is 1.90 bits per heavy atom. The second kappa shape index (κ2) is 10.1. The number of nitrogens with one attached hydrogen (secondary N) is 2. The number of hydrogen-bond donors (Lipinski definition) is 2. The fourth-order valence-corrected chi connectivity index (χ4v) is 5.06. The van der Waals surface area contributed by atoms with Gasteiger partial charge < -0.3 is 0 Å². The van der Waals surface area contributed by atoms with Crippen LogP contribution in [0, 0.1) is 5.82 Å². The summed E-state index contributed by atoms with van der Waals surface area (Å²) < 4.78 is 16.4. The van der Waals surface area contributed by atoms with Gasteiger partial charge in [-0.3, -0.25) is 25.0 Å². The lowest BCUT2D eigenvalue weighted by atomic mass is 9.95. The lowest BCUT2D eigenvalue weighted by molar-refractivity contribution is -0.119. The summed E-state index contributed by atoms with van der Waals surface area (Å²) in [5.74, 6) is -0.537. The zero-order valence-electron chi connectivity index (χ0n) is 16.7. The number of amides is 2. The van der Waals surface area contributed by atoms with E-state index in [1.165, 1.54) is 35.6 Å². The van der Waals surface area contributed by atoms with Crippen molar-refractivity contribution in [2.75, 3.05) is 5.75 Å². The molecule has 162 valence electrons. The van der Waals surface area contributed by atoms with Gasteiger partial charge in [-0.15, -0.1) is 21.5 Å². The average molecular weight is 460 g/mol. The molecule has 0 radical (unpaired) electrons. The van der Waals surface area contributed by atoms with E-state index in [-0.39, 0.29) is 29.4 Å². The minimum Gasteiger partial charge on any atom is -0.299 e. The monoisotopic (exact) mass is 459 g/mol. The van der Waals surface area contributed by atoms with Gasteiger partial charge in [0.05, 0.1) is 16.2 Å². The molecule has 0 unspecified atom stereocenters. The topological polar surface area (TPSA) is 88.9 Å². The highest BCUT2D eigenvalue weighted by Gasteiger charge is 2.25. The zero-order chi connectivity index (χ0) is 21.6. The van der Waals surface area contributed by atoms with Crippen molar-refractivity contribution in [1.82, 2.24) is 25.6 Å². The molecule has 2 heterocycles. The first kappa shape index (κ1) is 21.5. The molecule has 0 aliphatic heterocycles. The fourth-order valence-electron chi connectivity index (χ4n) is 3.63. The Morgan fingerprint density at radius 3 is 2.65 bits per heavy atom. The highest BCUT2D eigenvalue weighted by Crippen LogP contribution is 2.36. The maximum atomic E-state index is 14.4. The van der Waals surface area contributed by atoms with Crippen molar-refractivity contribution >= 4 is 34.9 Å². The minimum absolute atomic E-state index is 0.0485. The van der Waals surface area contributed by atoms with E-state index in [0.29, 0.717) is 21.4 Å². The summed E-state index contributed by atoms with van der Waals surface area (Å²) in [6.07, 6.45) is 5.31. The minimum atomic E-state index is -0.361.